The standard InChI is InChI=1S/C17H20FNO3/c18-13-7-1-10(2-8-13)9-19-16(20)14-11-3-5-12(6-4-11)15(14)17(21)22/h1-2,7-8,11-12,14-15H,3-6,9H2,(H,19,20)(H,21,22)/t11?,12?,14-,15+/m0/s1. The van der Waals surface area contributed by atoms with Gasteiger partial charge < -0.3 is 10.4 Å². The summed E-state index contributed by atoms with van der Waals surface area (Å²) in [5, 5.41) is 12.3. The first-order chi connectivity index (χ1) is 10.6. The third-order valence-electron chi connectivity index (χ3n) is 5.19. The van der Waals surface area contributed by atoms with E-state index in [-0.39, 0.29) is 23.6 Å². The highest BCUT2D eigenvalue weighted by Gasteiger charge is 2.50. The SMILES string of the molecule is O=C(O)[C@@H]1C2CCC(CC2)[C@@H]1C(=O)NCc1ccc(F)cc1. The number of benzene rings is 1. The lowest BCUT2D eigenvalue weighted by molar-refractivity contribution is -0.158. The van der Waals surface area contributed by atoms with Crippen molar-refractivity contribution >= 4 is 11.9 Å². The first-order valence-corrected chi connectivity index (χ1v) is 7.81. The molecule has 4 rings (SSSR count). The number of hydrogen-bond acceptors (Lipinski definition) is 2. The summed E-state index contributed by atoms with van der Waals surface area (Å²) in [4.78, 5) is 24.0. The van der Waals surface area contributed by atoms with Crippen molar-refractivity contribution in [3.05, 3.63) is 35.6 Å². The number of nitrogens with one attached hydrogen (secondary N) is 1. The molecule has 118 valence electrons. The topological polar surface area (TPSA) is 66.4 Å². The largest absolute Gasteiger partial charge is 0.481 e. The maximum atomic E-state index is 12.9. The van der Waals surface area contributed by atoms with E-state index in [2.05, 4.69) is 5.32 Å². The highest BCUT2D eigenvalue weighted by molar-refractivity contribution is 5.85. The number of aliphatic carboxylic acids is 1. The van der Waals surface area contributed by atoms with Crippen LogP contribution in [-0.2, 0) is 16.1 Å². The van der Waals surface area contributed by atoms with Crippen molar-refractivity contribution in [1.29, 1.82) is 0 Å². The van der Waals surface area contributed by atoms with Gasteiger partial charge in [0.25, 0.3) is 0 Å². The molecule has 0 radical (unpaired) electrons. The van der Waals surface area contributed by atoms with E-state index in [1.54, 1.807) is 12.1 Å². The Morgan fingerprint density at radius 2 is 1.59 bits per heavy atom. The van der Waals surface area contributed by atoms with Crippen molar-refractivity contribution < 1.29 is 19.1 Å². The second kappa shape index (κ2) is 6.07. The monoisotopic (exact) mass is 305 g/mol. The molecule has 3 fully saturated rings. The minimum absolute atomic E-state index is 0.129. The van der Waals surface area contributed by atoms with E-state index in [1.165, 1.54) is 12.1 Å². The lowest BCUT2D eigenvalue weighted by Gasteiger charge is -2.45. The fourth-order valence-electron chi connectivity index (χ4n) is 4.09. The number of hydrogen-bond donors (Lipinski definition) is 2. The molecule has 1 aromatic carbocycles. The van der Waals surface area contributed by atoms with Gasteiger partial charge in [0, 0.05) is 6.54 Å². The maximum absolute atomic E-state index is 12.9. The predicted octanol–water partition coefficient (Wildman–Crippen LogP) is 2.58. The van der Waals surface area contributed by atoms with E-state index in [0.29, 0.717) is 6.54 Å². The summed E-state index contributed by atoms with van der Waals surface area (Å²) < 4.78 is 12.9. The van der Waals surface area contributed by atoms with Crippen LogP contribution in [0.25, 0.3) is 0 Å². The third-order valence-corrected chi connectivity index (χ3v) is 5.19. The highest BCUT2D eigenvalue weighted by atomic mass is 19.1. The second-order valence-corrected chi connectivity index (χ2v) is 6.41. The summed E-state index contributed by atoms with van der Waals surface area (Å²) in [5.41, 5.74) is 0.808. The molecule has 0 unspecified atom stereocenters. The lowest BCUT2D eigenvalue weighted by Crippen LogP contribution is -2.50. The number of fused-ring (bicyclic) bond motifs is 3. The van der Waals surface area contributed by atoms with Gasteiger partial charge in [0.05, 0.1) is 11.8 Å². The van der Waals surface area contributed by atoms with Gasteiger partial charge in [-0.05, 0) is 55.2 Å². The first kappa shape index (κ1) is 15.0. The lowest BCUT2D eigenvalue weighted by atomic mass is 9.58. The van der Waals surface area contributed by atoms with Gasteiger partial charge in [0.2, 0.25) is 5.91 Å². The van der Waals surface area contributed by atoms with Crippen LogP contribution in [0.1, 0.15) is 31.2 Å². The quantitative estimate of drug-likeness (QED) is 0.898. The van der Waals surface area contributed by atoms with Gasteiger partial charge in [0.15, 0.2) is 0 Å². The van der Waals surface area contributed by atoms with E-state index >= 15 is 0 Å². The molecule has 3 aliphatic carbocycles. The molecule has 4 nitrogen and oxygen atoms in total. The molecule has 1 amide bonds. The molecule has 0 spiro atoms. The van der Waals surface area contributed by atoms with Gasteiger partial charge in [-0.2, -0.15) is 0 Å². The molecule has 22 heavy (non-hydrogen) atoms. The molecule has 0 aromatic heterocycles. The molecule has 0 saturated heterocycles. The molecule has 2 bridgehead atoms. The van der Waals surface area contributed by atoms with Crippen LogP contribution in [-0.4, -0.2) is 17.0 Å². The molecule has 3 saturated carbocycles. The van der Waals surface area contributed by atoms with E-state index in [4.69, 9.17) is 0 Å². The Labute approximate surface area is 128 Å². The zero-order valence-electron chi connectivity index (χ0n) is 12.3. The van der Waals surface area contributed by atoms with E-state index < -0.39 is 17.8 Å². The molecule has 5 heteroatoms. The molecule has 2 atom stereocenters. The highest BCUT2D eigenvalue weighted by Crippen LogP contribution is 2.49. The van der Waals surface area contributed by atoms with Crippen molar-refractivity contribution in [3.8, 4) is 0 Å². The van der Waals surface area contributed by atoms with Crippen LogP contribution in [0.3, 0.4) is 0 Å². The average molecular weight is 305 g/mol. The number of amides is 1. The zero-order valence-corrected chi connectivity index (χ0v) is 12.3. The fourth-order valence-corrected chi connectivity index (χ4v) is 4.09. The Morgan fingerprint density at radius 3 is 2.14 bits per heavy atom. The fraction of sp³-hybridized carbons (Fsp3) is 0.529. The Morgan fingerprint density at radius 1 is 1.05 bits per heavy atom. The van der Waals surface area contributed by atoms with Crippen molar-refractivity contribution in [1.82, 2.24) is 5.32 Å². The summed E-state index contributed by atoms with van der Waals surface area (Å²) in [7, 11) is 0. The number of carboxylic acid groups (broad SMARTS) is 1. The Bertz CT molecular complexity index is 564. The third kappa shape index (κ3) is 2.85. The molecular formula is C17H20FNO3. The smallest absolute Gasteiger partial charge is 0.307 e. The van der Waals surface area contributed by atoms with Gasteiger partial charge in [-0.25, -0.2) is 4.39 Å². The summed E-state index contributed by atoms with van der Waals surface area (Å²) in [6.07, 6.45) is 3.74. The van der Waals surface area contributed by atoms with Crippen LogP contribution < -0.4 is 5.32 Å². The first-order valence-electron chi connectivity index (χ1n) is 7.81. The minimum Gasteiger partial charge on any atom is -0.481 e. The molecule has 2 N–H and O–H groups in total. The van der Waals surface area contributed by atoms with Crippen molar-refractivity contribution in [2.45, 2.75) is 32.2 Å². The van der Waals surface area contributed by atoms with Gasteiger partial charge in [-0.3, -0.25) is 9.59 Å². The Kier molecular flexibility index (Phi) is 4.14. The normalized spacial score (nSPS) is 30.0. The summed E-state index contributed by atoms with van der Waals surface area (Å²) in [6.45, 7) is 0.305. The second-order valence-electron chi connectivity index (χ2n) is 6.41. The van der Waals surface area contributed by atoms with Crippen molar-refractivity contribution in [3.63, 3.8) is 0 Å². The number of carbonyl (C=O) groups excluding carboxylic acids is 1. The van der Waals surface area contributed by atoms with E-state index in [1.807, 2.05) is 0 Å². The van der Waals surface area contributed by atoms with Crippen LogP contribution in [0.4, 0.5) is 4.39 Å². The van der Waals surface area contributed by atoms with Gasteiger partial charge in [-0.1, -0.05) is 12.1 Å². The summed E-state index contributed by atoms with van der Waals surface area (Å²) >= 11 is 0. The van der Waals surface area contributed by atoms with Gasteiger partial charge in [-0.15, -0.1) is 0 Å². The number of carbonyl (C=O) groups is 2. The molecule has 1 aromatic rings. The number of halogens is 1. The molecular weight excluding hydrogens is 285 g/mol. The van der Waals surface area contributed by atoms with Crippen LogP contribution in [0.5, 0.6) is 0 Å². The summed E-state index contributed by atoms with van der Waals surface area (Å²) in [5.74, 6) is -2.01. The van der Waals surface area contributed by atoms with Crippen LogP contribution in [0.2, 0.25) is 0 Å². The van der Waals surface area contributed by atoms with Gasteiger partial charge in [0.1, 0.15) is 5.82 Å². The van der Waals surface area contributed by atoms with Gasteiger partial charge >= 0.3 is 5.97 Å². The number of carboxylic acids is 1. The average Bonchev–Trinajstić information content (AvgIpc) is 2.54. The van der Waals surface area contributed by atoms with Crippen molar-refractivity contribution in [2.24, 2.45) is 23.7 Å². The Hall–Kier alpha value is -1.91. The predicted molar refractivity (Wildman–Crippen MR) is 78.3 cm³/mol. The van der Waals surface area contributed by atoms with Crippen LogP contribution >= 0.6 is 0 Å². The van der Waals surface area contributed by atoms with E-state index in [9.17, 15) is 19.1 Å². The molecule has 0 aliphatic heterocycles. The van der Waals surface area contributed by atoms with Crippen LogP contribution in [0, 0.1) is 29.5 Å². The zero-order chi connectivity index (χ0) is 15.7. The van der Waals surface area contributed by atoms with Crippen molar-refractivity contribution in [2.75, 3.05) is 0 Å². The summed E-state index contributed by atoms with van der Waals surface area (Å²) in [6, 6.07) is 5.95. The molecule has 0 heterocycles. The molecule has 3 aliphatic rings. The van der Waals surface area contributed by atoms with E-state index in [0.717, 1.165) is 31.2 Å². The maximum Gasteiger partial charge on any atom is 0.307 e. The minimum atomic E-state index is -0.851. The van der Waals surface area contributed by atoms with Crippen LogP contribution in [0.15, 0.2) is 24.3 Å². The Balaban J connectivity index is 1.67. The number of rotatable bonds is 4.